The maximum absolute atomic E-state index is 12.8. The van der Waals surface area contributed by atoms with Crippen molar-refractivity contribution in [2.75, 3.05) is 33.9 Å². The minimum atomic E-state index is 0.0294. The van der Waals surface area contributed by atoms with Gasteiger partial charge in [0.1, 0.15) is 6.61 Å². The second-order valence-corrected chi connectivity index (χ2v) is 7.39. The lowest BCUT2D eigenvalue weighted by Gasteiger charge is -2.42. The number of fused-ring (bicyclic) bond motifs is 1. The number of carbonyl (C=O) groups is 1. The molecule has 2 aromatic rings. The van der Waals surface area contributed by atoms with Crippen LogP contribution in [0.25, 0.3) is 11.1 Å². The van der Waals surface area contributed by atoms with E-state index in [0.717, 1.165) is 6.42 Å². The highest BCUT2D eigenvalue weighted by Crippen LogP contribution is 2.39. The number of amides is 1. The zero-order valence-electron chi connectivity index (χ0n) is 15.9. The summed E-state index contributed by atoms with van der Waals surface area (Å²) in [6.07, 6.45) is 0.870. The van der Waals surface area contributed by atoms with Gasteiger partial charge in [-0.25, -0.2) is 0 Å². The number of hydrogen-bond acceptors (Lipinski definition) is 4. The number of likely N-dealkylation sites (tertiary alicyclic amines) is 1. The van der Waals surface area contributed by atoms with Crippen LogP contribution in [0, 0.1) is 5.92 Å². The minimum Gasteiger partial charge on any atom is -0.375 e. The summed E-state index contributed by atoms with van der Waals surface area (Å²) in [4.78, 5) is 20.5. The molecule has 0 spiro atoms. The molecule has 0 radical (unpaired) electrons. The van der Waals surface area contributed by atoms with Crippen LogP contribution in [0.3, 0.4) is 0 Å². The van der Waals surface area contributed by atoms with Gasteiger partial charge < -0.3 is 9.64 Å². The first-order chi connectivity index (χ1) is 13.2. The van der Waals surface area contributed by atoms with Gasteiger partial charge in [-0.15, -0.1) is 0 Å². The highest BCUT2D eigenvalue weighted by atomic mass is 16.7. The van der Waals surface area contributed by atoms with Gasteiger partial charge in [-0.3, -0.25) is 9.63 Å². The smallest absolute Gasteiger partial charge is 0.249 e. The molecule has 0 bridgehead atoms. The van der Waals surface area contributed by atoms with Crippen molar-refractivity contribution in [2.24, 2.45) is 5.92 Å². The van der Waals surface area contributed by atoms with Crippen LogP contribution in [0.1, 0.15) is 18.0 Å². The lowest BCUT2D eigenvalue weighted by Crippen LogP contribution is -2.50. The molecule has 2 aliphatic heterocycles. The molecule has 0 aromatic heterocycles. The predicted molar refractivity (Wildman–Crippen MR) is 104 cm³/mol. The third kappa shape index (κ3) is 3.63. The van der Waals surface area contributed by atoms with Gasteiger partial charge in [-0.2, -0.15) is 5.06 Å². The topological polar surface area (TPSA) is 42.0 Å². The molecule has 0 aliphatic carbocycles. The average molecular weight is 366 g/mol. The first-order valence-electron chi connectivity index (χ1n) is 9.47. The van der Waals surface area contributed by atoms with E-state index in [1.807, 2.05) is 35.2 Å². The highest BCUT2D eigenvalue weighted by molar-refractivity contribution is 5.78. The van der Waals surface area contributed by atoms with E-state index in [1.165, 1.54) is 16.7 Å². The molecule has 5 nitrogen and oxygen atoms in total. The molecule has 5 heteroatoms. The molecule has 2 heterocycles. The number of nitrogens with zero attached hydrogens (tertiary/aromatic N) is 2. The molecular weight excluding hydrogens is 340 g/mol. The number of piperidine rings is 1. The average Bonchev–Trinajstić information content (AvgIpc) is 3.08. The Morgan fingerprint density at radius 3 is 2.70 bits per heavy atom. The van der Waals surface area contributed by atoms with E-state index < -0.39 is 0 Å². The number of carbonyl (C=O) groups excluding carboxylic acids is 1. The second-order valence-electron chi connectivity index (χ2n) is 7.39. The van der Waals surface area contributed by atoms with Gasteiger partial charge in [0.05, 0.1) is 12.6 Å². The summed E-state index contributed by atoms with van der Waals surface area (Å²) in [6, 6.07) is 19.3. The third-order valence-corrected chi connectivity index (χ3v) is 5.74. The molecule has 2 fully saturated rings. The van der Waals surface area contributed by atoms with E-state index in [9.17, 15) is 4.79 Å². The molecule has 3 atom stereocenters. The standard InChI is InChI=1S/C22H26N2O3/c1-23-20-12-21(24(22(25)15-26-2)13-19(20)14-27-23)18-10-6-9-17(11-18)16-7-4-3-5-8-16/h3-11,19-21H,12-15H2,1-2H3/t19-,20-,21-/m0/s1. The van der Waals surface area contributed by atoms with E-state index in [1.54, 1.807) is 7.11 Å². The van der Waals surface area contributed by atoms with Crippen molar-refractivity contribution in [3.63, 3.8) is 0 Å². The Labute approximate surface area is 160 Å². The number of methoxy groups -OCH3 is 1. The minimum absolute atomic E-state index is 0.0294. The van der Waals surface area contributed by atoms with Gasteiger partial charge in [0, 0.05) is 32.7 Å². The third-order valence-electron chi connectivity index (χ3n) is 5.74. The number of rotatable bonds is 4. The molecule has 142 valence electrons. The Hall–Kier alpha value is -2.21. The van der Waals surface area contributed by atoms with Gasteiger partial charge in [0.15, 0.2) is 0 Å². The van der Waals surface area contributed by atoms with E-state index in [0.29, 0.717) is 25.1 Å². The fourth-order valence-electron chi connectivity index (χ4n) is 4.32. The van der Waals surface area contributed by atoms with Crippen molar-refractivity contribution >= 4 is 5.91 Å². The highest BCUT2D eigenvalue weighted by Gasteiger charge is 2.44. The van der Waals surface area contributed by atoms with Crippen molar-refractivity contribution in [2.45, 2.75) is 18.5 Å². The maximum Gasteiger partial charge on any atom is 0.249 e. The molecule has 2 aromatic carbocycles. The molecule has 27 heavy (non-hydrogen) atoms. The summed E-state index contributed by atoms with van der Waals surface area (Å²) >= 11 is 0. The van der Waals surface area contributed by atoms with Crippen molar-refractivity contribution in [1.29, 1.82) is 0 Å². The first kappa shape index (κ1) is 18.2. The van der Waals surface area contributed by atoms with E-state index in [2.05, 4.69) is 36.4 Å². The Morgan fingerprint density at radius 2 is 1.93 bits per heavy atom. The Bertz CT molecular complexity index is 795. The van der Waals surface area contributed by atoms with Crippen molar-refractivity contribution in [3.05, 3.63) is 60.2 Å². The Balaban J connectivity index is 1.67. The van der Waals surface area contributed by atoms with Crippen LogP contribution in [-0.2, 0) is 14.4 Å². The van der Waals surface area contributed by atoms with E-state index >= 15 is 0 Å². The van der Waals surface area contributed by atoms with Crippen molar-refractivity contribution in [3.8, 4) is 11.1 Å². The summed E-state index contributed by atoms with van der Waals surface area (Å²) in [6.45, 7) is 1.50. The largest absolute Gasteiger partial charge is 0.375 e. The summed E-state index contributed by atoms with van der Waals surface area (Å²) in [5.74, 6) is 0.393. The number of hydroxylamine groups is 2. The monoisotopic (exact) mass is 366 g/mol. The van der Waals surface area contributed by atoms with Gasteiger partial charge in [0.25, 0.3) is 0 Å². The lowest BCUT2D eigenvalue weighted by molar-refractivity contribution is -0.143. The van der Waals surface area contributed by atoms with E-state index in [4.69, 9.17) is 9.57 Å². The van der Waals surface area contributed by atoms with Gasteiger partial charge >= 0.3 is 0 Å². The zero-order valence-corrected chi connectivity index (χ0v) is 15.9. The Kier molecular flexibility index (Phi) is 5.25. The molecule has 1 amide bonds. The van der Waals surface area contributed by atoms with Crippen LogP contribution in [0.4, 0.5) is 0 Å². The van der Waals surface area contributed by atoms with Crippen LogP contribution in [0.15, 0.2) is 54.6 Å². The van der Waals surface area contributed by atoms with Crippen LogP contribution in [0.5, 0.6) is 0 Å². The van der Waals surface area contributed by atoms with Gasteiger partial charge in [-0.05, 0) is 29.2 Å². The molecule has 2 aliphatic rings. The summed E-state index contributed by atoms with van der Waals surface area (Å²) in [7, 11) is 3.57. The fraction of sp³-hybridized carbons (Fsp3) is 0.409. The van der Waals surface area contributed by atoms with Crippen molar-refractivity contribution < 1.29 is 14.4 Å². The lowest BCUT2D eigenvalue weighted by atomic mass is 9.85. The normalized spacial score (nSPS) is 25.4. The maximum atomic E-state index is 12.8. The number of benzene rings is 2. The Morgan fingerprint density at radius 1 is 1.15 bits per heavy atom. The summed E-state index contributed by atoms with van der Waals surface area (Å²) in [5.41, 5.74) is 3.52. The van der Waals surface area contributed by atoms with Gasteiger partial charge in [0.2, 0.25) is 5.91 Å². The van der Waals surface area contributed by atoms with Gasteiger partial charge in [-0.1, -0.05) is 48.5 Å². The SMILES string of the molecule is COCC(=O)N1C[C@H]2CON(C)[C@H]2C[C@H]1c1cccc(-c2ccccc2)c1. The fourth-order valence-corrected chi connectivity index (χ4v) is 4.32. The van der Waals surface area contributed by atoms with E-state index in [-0.39, 0.29) is 18.6 Å². The van der Waals surface area contributed by atoms with Crippen molar-refractivity contribution in [1.82, 2.24) is 9.96 Å². The molecule has 4 rings (SSSR count). The van der Waals surface area contributed by atoms with Crippen LogP contribution in [-0.4, -0.2) is 55.8 Å². The number of ether oxygens (including phenoxy) is 1. The number of hydrogen-bond donors (Lipinski definition) is 0. The zero-order chi connectivity index (χ0) is 18.8. The first-order valence-corrected chi connectivity index (χ1v) is 9.47. The molecule has 0 N–H and O–H groups in total. The summed E-state index contributed by atoms with van der Waals surface area (Å²) < 4.78 is 5.13. The second kappa shape index (κ2) is 7.80. The molecule has 0 unspecified atom stereocenters. The van der Waals surface area contributed by atoms with Crippen LogP contribution < -0.4 is 0 Å². The quantitative estimate of drug-likeness (QED) is 0.834. The molecule has 0 saturated carbocycles. The summed E-state index contributed by atoms with van der Waals surface area (Å²) in [5, 5.41) is 1.97. The van der Waals surface area contributed by atoms with Crippen LogP contribution in [0.2, 0.25) is 0 Å². The van der Waals surface area contributed by atoms with Crippen LogP contribution >= 0.6 is 0 Å². The predicted octanol–water partition coefficient (Wildman–Crippen LogP) is 3.14. The molecule has 2 saturated heterocycles. The molecular formula is C22H26N2O3.